The fraction of sp³-hybridized carbons (Fsp3) is 0.562. The van der Waals surface area contributed by atoms with Crippen molar-refractivity contribution in [3.63, 3.8) is 0 Å². The van der Waals surface area contributed by atoms with Gasteiger partial charge in [0.15, 0.2) is 0 Å². The van der Waals surface area contributed by atoms with Gasteiger partial charge in [-0.3, -0.25) is 4.79 Å². The molecule has 0 fully saturated rings. The Morgan fingerprint density at radius 3 is 2.50 bits per heavy atom. The first-order chi connectivity index (χ1) is 9.36. The number of rotatable bonds is 7. The first-order valence-corrected chi connectivity index (χ1v) is 7.09. The topological polar surface area (TPSA) is 69.6 Å². The molecule has 3 unspecified atom stereocenters. The molecule has 0 aliphatic rings. The maximum Gasteiger partial charge on any atom is 0.223 e. The molecule has 0 saturated carbocycles. The van der Waals surface area contributed by atoms with Gasteiger partial charge in [0, 0.05) is 6.54 Å². The Morgan fingerprint density at radius 1 is 1.35 bits per heavy atom. The third-order valence-electron chi connectivity index (χ3n) is 3.71. The number of amides is 1. The van der Waals surface area contributed by atoms with Crippen LogP contribution in [0.2, 0.25) is 0 Å². The summed E-state index contributed by atoms with van der Waals surface area (Å²) < 4.78 is 0. The lowest BCUT2D eigenvalue weighted by Crippen LogP contribution is -2.38. The van der Waals surface area contributed by atoms with Crippen LogP contribution in [-0.4, -0.2) is 28.8 Å². The molecule has 4 heteroatoms. The van der Waals surface area contributed by atoms with Crippen molar-refractivity contribution in [2.24, 2.45) is 5.92 Å². The van der Waals surface area contributed by atoms with Gasteiger partial charge in [0.2, 0.25) is 5.91 Å². The van der Waals surface area contributed by atoms with E-state index in [0.717, 1.165) is 6.42 Å². The molecule has 3 atom stereocenters. The van der Waals surface area contributed by atoms with Crippen LogP contribution in [0.5, 0.6) is 0 Å². The highest BCUT2D eigenvalue weighted by Crippen LogP contribution is 2.23. The molecular weight excluding hydrogens is 254 g/mol. The summed E-state index contributed by atoms with van der Waals surface area (Å²) in [5, 5.41) is 22.8. The van der Waals surface area contributed by atoms with Crippen molar-refractivity contribution >= 4 is 5.91 Å². The van der Waals surface area contributed by atoms with E-state index in [4.69, 9.17) is 0 Å². The molecule has 1 rings (SSSR count). The summed E-state index contributed by atoms with van der Waals surface area (Å²) in [6, 6.07) is 9.10. The normalized spacial score (nSPS) is 17.1. The molecule has 1 aromatic rings. The predicted molar refractivity (Wildman–Crippen MR) is 79.1 cm³/mol. The van der Waals surface area contributed by atoms with Crippen LogP contribution in [0.25, 0.3) is 0 Å². The van der Waals surface area contributed by atoms with Crippen LogP contribution < -0.4 is 5.32 Å². The number of aliphatic hydroxyl groups excluding tert-OH is 1. The van der Waals surface area contributed by atoms with E-state index in [-0.39, 0.29) is 24.8 Å². The van der Waals surface area contributed by atoms with E-state index in [0.29, 0.717) is 5.56 Å². The lowest BCUT2D eigenvalue weighted by Gasteiger charge is -2.24. The average Bonchev–Trinajstić information content (AvgIpc) is 2.44. The standard InChI is InChI=1S/C16H25NO3/c1-4-12(2)14(18)11-17-15(19)10-16(3,20)13-8-6-5-7-9-13/h5-9,12,14,18,20H,4,10-11H2,1-3H3,(H,17,19). The second kappa shape index (κ2) is 7.41. The maximum absolute atomic E-state index is 11.9. The van der Waals surface area contributed by atoms with E-state index in [1.807, 2.05) is 32.0 Å². The van der Waals surface area contributed by atoms with Gasteiger partial charge in [0.25, 0.3) is 0 Å². The summed E-state index contributed by atoms with van der Waals surface area (Å²) in [4.78, 5) is 11.9. The number of aliphatic hydroxyl groups is 2. The van der Waals surface area contributed by atoms with Crippen LogP contribution in [0.4, 0.5) is 0 Å². The fourth-order valence-corrected chi connectivity index (χ4v) is 1.97. The van der Waals surface area contributed by atoms with Crippen LogP contribution >= 0.6 is 0 Å². The Kier molecular flexibility index (Phi) is 6.17. The van der Waals surface area contributed by atoms with E-state index in [2.05, 4.69) is 5.32 Å². The molecule has 0 heterocycles. The SMILES string of the molecule is CCC(C)C(O)CNC(=O)CC(C)(O)c1ccccc1. The zero-order valence-electron chi connectivity index (χ0n) is 12.5. The fourth-order valence-electron chi connectivity index (χ4n) is 1.97. The van der Waals surface area contributed by atoms with E-state index in [9.17, 15) is 15.0 Å². The molecule has 0 saturated heterocycles. The lowest BCUT2D eigenvalue weighted by molar-refractivity contribution is -0.126. The summed E-state index contributed by atoms with van der Waals surface area (Å²) in [5.41, 5.74) is -0.496. The van der Waals surface area contributed by atoms with Crippen molar-refractivity contribution in [2.75, 3.05) is 6.54 Å². The monoisotopic (exact) mass is 279 g/mol. The van der Waals surface area contributed by atoms with Gasteiger partial charge in [-0.05, 0) is 18.4 Å². The number of carbonyl (C=O) groups is 1. The van der Waals surface area contributed by atoms with Gasteiger partial charge >= 0.3 is 0 Å². The van der Waals surface area contributed by atoms with Crippen LogP contribution in [-0.2, 0) is 10.4 Å². The van der Waals surface area contributed by atoms with Gasteiger partial charge in [-0.2, -0.15) is 0 Å². The number of nitrogens with one attached hydrogen (secondary N) is 1. The van der Waals surface area contributed by atoms with Gasteiger partial charge < -0.3 is 15.5 Å². The van der Waals surface area contributed by atoms with Crippen molar-refractivity contribution in [1.29, 1.82) is 0 Å². The van der Waals surface area contributed by atoms with E-state index < -0.39 is 11.7 Å². The smallest absolute Gasteiger partial charge is 0.223 e. The minimum Gasteiger partial charge on any atom is -0.391 e. The van der Waals surface area contributed by atoms with Crippen molar-refractivity contribution in [3.8, 4) is 0 Å². The van der Waals surface area contributed by atoms with Crippen molar-refractivity contribution in [1.82, 2.24) is 5.32 Å². The number of benzene rings is 1. The maximum atomic E-state index is 11.9. The predicted octanol–water partition coefficient (Wildman–Crippen LogP) is 1.81. The highest BCUT2D eigenvalue weighted by atomic mass is 16.3. The second-order valence-electron chi connectivity index (χ2n) is 5.57. The Hall–Kier alpha value is -1.39. The van der Waals surface area contributed by atoms with Gasteiger partial charge in [0.1, 0.15) is 0 Å². The minimum absolute atomic E-state index is 0.0236. The largest absolute Gasteiger partial charge is 0.391 e. The molecule has 4 nitrogen and oxygen atoms in total. The van der Waals surface area contributed by atoms with Gasteiger partial charge in [0.05, 0.1) is 18.1 Å². The van der Waals surface area contributed by atoms with Gasteiger partial charge in [-0.25, -0.2) is 0 Å². The van der Waals surface area contributed by atoms with Gasteiger partial charge in [-0.15, -0.1) is 0 Å². The Labute approximate surface area is 120 Å². The summed E-state index contributed by atoms with van der Waals surface area (Å²) in [5.74, 6) is -0.119. The van der Waals surface area contributed by atoms with E-state index in [1.165, 1.54) is 0 Å². The molecule has 0 spiro atoms. The highest BCUT2D eigenvalue weighted by molar-refractivity contribution is 5.77. The molecule has 112 valence electrons. The summed E-state index contributed by atoms with van der Waals surface area (Å²) in [6.07, 6.45) is 0.286. The van der Waals surface area contributed by atoms with Crippen LogP contribution in [0.15, 0.2) is 30.3 Å². The third kappa shape index (κ3) is 4.94. The Bertz CT molecular complexity index is 417. The Morgan fingerprint density at radius 2 is 1.95 bits per heavy atom. The number of carbonyl (C=O) groups excluding carboxylic acids is 1. The first kappa shape index (κ1) is 16.7. The molecule has 1 amide bonds. The van der Waals surface area contributed by atoms with E-state index in [1.54, 1.807) is 19.1 Å². The van der Waals surface area contributed by atoms with Crippen LogP contribution in [0.3, 0.4) is 0 Å². The molecule has 0 aliphatic carbocycles. The number of hydrogen-bond acceptors (Lipinski definition) is 3. The lowest BCUT2D eigenvalue weighted by atomic mass is 9.92. The molecule has 0 radical (unpaired) electrons. The molecular formula is C16H25NO3. The number of hydrogen-bond donors (Lipinski definition) is 3. The molecule has 0 aliphatic heterocycles. The molecule has 1 aromatic carbocycles. The van der Waals surface area contributed by atoms with Crippen LogP contribution in [0, 0.1) is 5.92 Å². The average molecular weight is 279 g/mol. The van der Waals surface area contributed by atoms with Crippen LogP contribution in [0.1, 0.15) is 39.2 Å². The van der Waals surface area contributed by atoms with E-state index >= 15 is 0 Å². The van der Waals surface area contributed by atoms with Crippen molar-refractivity contribution in [2.45, 2.75) is 45.3 Å². The van der Waals surface area contributed by atoms with Crippen molar-refractivity contribution < 1.29 is 15.0 Å². The summed E-state index contributed by atoms with van der Waals surface area (Å²) >= 11 is 0. The molecule has 0 bridgehead atoms. The minimum atomic E-state index is -1.20. The zero-order chi connectivity index (χ0) is 15.2. The quantitative estimate of drug-likeness (QED) is 0.713. The highest BCUT2D eigenvalue weighted by Gasteiger charge is 2.26. The molecule has 3 N–H and O–H groups in total. The molecule has 0 aromatic heterocycles. The summed E-state index contributed by atoms with van der Waals surface area (Å²) in [7, 11) is 0. The first-order valence-electron chi connectivity index (χ1n) is 7.09. The molecule has 20 heavy (non-hydrogen) atoms. The van der Waals surface area contributed by atoms with Crippen molar-refractivity contribution in [3.05, 3.63) is 35.9 Å². The summed E-state index contributed by atoms with van der Waals surface area (Å²) in [6.45, 7) is 5.78. The third-order valence-corrected chi connectivity index (χ3v) is 3.71. The Balaban J connectivity index is 2.50. The second-order valence-corrected chi connectivity index (χ2v) is 5.57. The van der Waals surface area contributed by atoms with Gasteiger partial charge in [-0.1, -0.05) is 50.6 Å². The zero-order valence-corrected chi connectivity index (χ0v) is 12.5.